The molecular weight excluding hydrogens is 321 g/mol. The molecule has 25 heavy (non-hydrogen) atoms. The molecule has 1 N–H and O–H groups in total. The highest BCUT2D eigenvalue weighted by atomic mass is 19.1. The first kappa shape index (κ1) is 15.9. The maximum Gasteiger partial charge on any atom is 0.224 e. The van der Waals surface area contributed by atoms with Gasteiger partial charge >= 0.3 is 0 Å². The van der Waals surface area contributed by atoms with E-state index in [4.69, 9.17) is 9.47 Å². The number of benzene rings is 2. The Kier molecular flexibility index (Phi) is 4.30. The van der Waals surface area contributed by atoms with Crippen LogP contribution in [0.4, 0.5) is 4.39 Å². The molecule has 5 heteroatoms. The Morgan fingerprint density at radius 2 is 1.96 bits per heavy atom. The highest BCUT2D eigenvalue weighted by molar-refractivity contribution is 5.79. The van der Waals surface area contributed by atoms with Gasteiger partial charge in [0, 0.05) is 0 Å². The summed E-state index contributed by atoms with van der Waals surface area (Å²) in [5.74, 6) is 1.15. The van der Waals surface area contributed by atoms with Gasteiger partial charge in [-0.3, -0.25) is 4.79 Å². The second-order valence-electron chi connectivity index (χ2n) is 6.51. The number of amides is 1. The van der Waals surface area contributed by atoms with Gasteiger partial charge in [-0.05, 0) is 60.2 Å². The third kappa shape index (κ3) is 3.45. The molecule has 1 aliphatic carbocycles. The summed E-state index contributed by atoms with van der Waals surface area (Å²) in [6.07, 6.45) is 2.97. The normalized spacial score (nSPS) is 18.4. The Balaban J connectivity index is 1.45. The number of carbonyl (C=O) groups is 1. The average Bonchev–Trinajstić information content (AvgIpc) is 2.61. The summed E-state index contributed by atoms with van der Waals surface area (Å²) in [6.45, 7) is 1.08. The van der Waals surface area contributed by atoms with E-state index in [9.17, 15) is 9.18 Å². The lowest BCUT2D eigenvalue weighted by atomic mass is 9.87. The number of hydrogen-bond acceptors (Lipinski definition) is 3. The molecule has 0 saturated heterocycles. The number of fused-ring (bicyclic) bond motifs is 2. The van der Waals surface area contributed by atoms with E-state index in [-0.39, 0.29) is 24.2 Å². The van der Waals surface area contributed by atoms with Crippen LogP contribution < -0.4 is 14.8 Å². The Labute approximate surface area is 146 Å². The van der Waals surface area contributed by atoms with Crippen molar-refractivity contribution in [3.8, 4) is 11.5 Å². The number of nitrogens with one attached hydrogen (secondary N) is 1. The molecule has 0 fully saturated rings. The Bertz CT molecular complexity index is 806. The van der Waals surface area contributed by atoms with Gasteiger partial charge in [-0.1, -0.05) is 12.1 Å². The molecule has 0 aromatic heterocycles. The van der Waals surface area contributed by atoms with E-state index in [2.05, 4.69) is 5.32 Å². The van der Waals surface area contributed by atoms with Crippen LogP contribution >= 0.6 is 0 Å². The Hall–Kier alpha value is -2.56. The highest BCUT2D eigenvalue weighted by Crippen LogP contribution is 2.32. The molecule has 1 heterocycles. The third-order valence-corrected chi connectivity index (χ3v) is 4.73. The SMILES string of the molecule is O=C(Cc1ccc2c(c1)OCCO2)NC1CCCc2cc(F)ccc21. The smallest absolute Gasteiger partial charge is 0.224 e. The van der Waals surface area contributed by atoms with Gasteiger partial charge in [0.15, 0.2) is 11.5 Å². The van der Waals surface area contributed by atoms with Crippen molar-refractivity contribution in [2.75, 3.05) is 13.2 Å². The van der Waals surface area contributed by atoms with Crippen molar-refractivity contribution in [1.29, 1.82) is 0 Å². The van der Waals surface area contributed by atoms with Crippen molar-refractivity contribution >= 4 is 5.91 Å². The van der Waals surface area contributed by atoms with Crippen LogP contribution in [0.1, 0.15) is 35.6 Å². The van der Waals surface area contributed by atoms with Crippen molar-refractivity contribution in [2.24, 2.45) is 0 Å². The van der Waals surface area contributed by atoms with Gasteiger partial charge in [0.05, 0.1) is 12.5 Å². The zero-order valence-corrected chi connectivity index (χ0v) is 13.9. The molecule has 0 bridgehead atoms. The maximum atomic E-state index is 13.4. The summed E-state index contributed by atoms with van der Waals surface area (Å²) in [7, 11) is 0. The molecule has 4 rings (SSSR count). The fraction of sp³-hybridized carbons (Fsp3) is 0.350. The molecule has 0 radical (unpaired) electrons. The van der Waals surface area contributed by atoms with Crippen molar-refractivity contribution in [1.82, 2.24) is 5.32 Å². The molecule has 4 nitrogen and oxygen atoms in total. The number of carbonyl (C=O) groups excluding carboxylic acids is 1. The van der Waals surface area contributed by atoms with Crippen LogP contribution in [0.2, 0.25) is 0 Å². The van der Waals surface area contributed by atoms with E-state index in [1.807, 2.05) is 18.2 Å². The van der Waals surface area contributed by atoms with Crippen LogP contribution in [0.5, 0.6) is 11.5 Å². The summed E-state index contributed by atoms with van der Waals surface area (Å²) in [5.41, 5.74) is 2.91. The fourth-order valence-electron chi connectivity index (χ4n) is 3.56. The van der Waals surface area contributed by atoms with E-state index >= 15 is 0 Å². The first-order valence-corrected chi connectivity index (χ1v) is 8.65. The quantitative estimate of drug-likeness (QED) is 0.931. The van der Waals surface area contributed by atoms with Crippen molar-refractivity contribution < 1.29 is 18.7 Å². The van der Waals surface area contributed by atoms with Gasteiger partial charge in [-0.25, -0.2) is 4.39 Å². The monoisotopic (exact) mass is 341 g/mol. The molecule has 1 atom stereocenters. The van der Waals surface area contributed by atoms with Crippen molar-refractivity contribution in [2.45, 2.75) is 31.7 Å². The summed E-state index contributed by atoms with van der Waals surface area (Å²) >= 11 is 0. The molecule has 2 aromatic rings. The zero-order valence-electron chi connectivity index (χ0n) is 13.9. The van der Waals surface area contributed by atoms with Crippen LogP contribution in [-0.2, 0) is 17.6 Å². The van der Waals surface area contributed by atoms with Gasteiger partial charge in [-0.15, -0.1) is 0 Å². The van der Waals surface area contributed by atoms with Gasteiger partial charge in [-0.2, -0.15) is 0 Å². The largest absolute Gasteiger partial charge is 0.486 e. The van der Waals surface area contributed by atoms with Crippen molar-refractivity contribution in [3.63, 3.8) is 0 Å². The molecule has 0 saturated carbocycles. The molecule has 1 amide bonds. The minimum absolute atomic E-state index is 0.0427. The number of rotatable bonds is 3. The second kappa shape index (κ2) is 6.75. The minimum atomic E-state index is -0.220. The first-order valence-electron chi connectivity index (χ1n) is 8.65. The van der Waals surface area contributed by atoms with Crippen molar-refractivity contribution in [3.05, 3.63) is 58.9 Å². The van der Waals surface area contributed by atoms with Crippen LogP contribution in [0.3, 0.4) is 0 Å². The van der Waals surface area contributed by atoms with Gasteiger partial charge in [0.25, 0.3) is 0 Å². The fourth-order valence-corrected chi connectivity index (χ4v) is 3.56. The Morgan fingerprint density at radius 3 is 2.84 bits per heavy atom. The molecule has 2 aromatic carbocycles. The standard InChI is InChI=1S/C20H20FNO3/c21-15-5-6-16-14(12-15)2-1-3-17(16)22-20(23)11-13-4-7-18-19(10-13)25-9-8-24-18/h4-7,10,12,17H,1-3,8-9,11H2,(H,22,23). The van der Waals surface area contributed by atoms with Crippen LogP contribution in [0.25, 0.3) is 0 Å². The van der Waals surface area contributed by atoms with E-state index in [1.165, 1.54) is 6.07 Å². The molecule has 2 aliphatic rings. The highest BCUT2D eigenvalue weighted by Gasteiger charge is 2.22. The second-order valence-corrected chi connectivity index (χ2v) is 6.51. The van der Waals surface area contributed by atoms with Crippen LogP contribution in [0, 0.1) is 5.82 Å². The molecule has 1 aliphatic heterocycles. The number of ether oxygens (including phenoxy) is 2. The zero-order chi connectivity index (χ0) is 17.2. The van der Waals surface area contributed by atoms with E-state index in [0.717, 1.165) is 41.7 Å². The predicted octanol–water partition coefficient (Wildman–Crippen LogP) is 3.33. The van der Waals surface area contributed by atoms with Crippen LogP contribution in [0.15, 0.2) is 36.4 Å². The summed E-state index contributed by atoms with van der Waals surface area (Å²) in [6, 6.07) is 10.4. The van der Waals surface area contributed by atoms with Crippen LogP contribution in [-0.4, -0.2) is 19.1 Å². The third-order valence-electron chi connectivity index (χ3n) is 4.73. The van der Waals surface area contributed by atoms with Gasteiger partial charge in [0.2, 0.25) is 5.91 Å². The Morgan fingerprint density at radius 1 is 1.12 bits per heavy atom. The molecule has 0 spiro atoms. The molecular formula is C20H20FNO3. The molecule has 130 valence electrons. The lowest BCUT2D eigenvalue weighted by molar-refractivity contribution is -0.121. The van der Waals surface area contributed by atoms with E-state index < -0.39 is 0 Å². The summed E-state index contributed by atoms with van der Waals surface area (Å²) in [4.78, 5) is 12.5. The van der Waals surface area contributed by atoms with Gasteiger partial charge < -0.3 is 14.8 Å². The maximum absolute atomic E-state index is 13.4. The number of halogens is 1. The summed E-state index contributed by atoms with van der Waals surface area (Å²) in [5, 5.41) is 3.09. The van der Waals surface area contributed by atoms with E-state index in [1.54, 1.807) is 12.1 Å². The number of aryl methyl sites for hydroxylation is 1. The molecule has 1 unspecified atom stereocenters. The lowest BCUT2D eigenvalue weighted by Crippen LogP contribution is -2.32. The lowest BCUT2D eigenvalue weighted by Gasteiger charge is -2.26. The van der Waals surface area contributed by atoms with Gasteiger partial charge in [0.1, 0.15) is 19.0 Å². The first-order chi connectivity index (χ1) is 12.2. The minimum Gasteiger partial charge on any atom is -0.486 e. The topological polar surface area (TPSA) is 47.6 Å². The predicted molar refractivity (Wildman–Crippen MR) is 91.4 cm³/mol. The summed E-state index contributed by atoms with van der Waals surface area (Å²) < 4.78 is 24.5. The average molecular weight is 341 g/mol. The van der Waals surface area contributed by atoms with E-state index in [0.29, 0.717) is 19.0 Å². The number of hydrogen-bond donors (Lipinski definition) is 1.